The summed E-state index contributed by atoms with van der Waals surface area (Å²) in [5.74, 6) is -1.41. The molecule has 0 saturated carbocycles. The Morgan fingerprint density at radius 2 is 1.62 bits per heavy atom. The van der Waals surface area contributed by atoms with E-state index in [1.165, 1.54) is 30.1 Å². The molecule has 0 bridgehead atoms. The first-order valence-corrected chi connectivity index (χ1v) is 11.1. The molecule has 0 unspecified atom stereocenters. The minimum absolute atomic E-state index is 0.0602. The fourth-order valence-electron chi connectivity index (χ4n) is 4.08. The lowest BCUT2D eigenvalue weighted by Crippen LogP contribution is -2.29. The summed E-state index contributed by atoms with van der Waals surface area (Å²) in [5.41, 5.74) is 5.11. The third-order valence-electron chi connectivity index (χ3n) is 5.80. The summed E-state index contributed by atoms with van der Waals surface area (Å²) in [6, 6.07) is 20.6. The zero-order chi connectivity index (χ0) is 24.2. The number of carboxylic acid groups (broad SMARTS) is 1. The number of ether oxygens (including phenoxy) is 1. The van der Waals surface area contributed by atoms with Gasteiger partial charge in [-0.05, 0) is 40.5 Å². The minimum atomic E-state index is -0.986. The molecule has 0 saturated heterocycles. The van der Waals surface area contributed by atoms with Crippen molar-refractivity contribution < 1.29 is 24.2 Å². The van der Waals surface area contributed by atoms with E-state index in [0.717, 1.165) is 22.3 Å². The van der Waals surface area contributed by atoms with Gasteiger partial charge in [0.25, 0.3) is 5.91 Å². The number of carbonyl (C=O) groups excluding carboxylic acids is 2. The maximum absolute atomic E-state index is 12.5. The molecular weight excluding hydrogens is 456 g/mol. The van der Waals surface area contributed by atoms with Crippen molar-refractivity contribution >= 4 is 35.3 Å². The average Bonchev–Trinajstić information content (AvgIpc) is 3.15. The van der Waals surface area contributed by atoms with Crippen LogP contribution < -0.4 is 5.32 Å². The number of nitrogens with zero attached hydrogens (tertiary/aromatic N) is 1. The average molecular weight is 479 g/mol. The molecule has 0 aromatic heterocycles. The largest absolute Gasteiger partial charge is 0.481 e. The predicted octanol–water partition coefficient (Wildman–Crippen LogP) is 5.25. The van der Waals surface area contributed by atoms with E-state index in [9.17, 15) is 14.4 Å². The van der Waals surface area contributed by atoms with Gasteiger partial charge in [0, 0.05) is 25.1 Å². The first-order valence-electron chi connectivity index (χ1n) is 10.7. The summed E-state index contributed by atoms with van der Waals surface area (Å²) >= 11 is 6.28. The van der Waals surface area contributed by atoms with Crippen molar-refractivity contribution in [1.29, 1.82) is 0 Å². The SMILES string of the molecule is CN(CCC(=O)O)C(=O)c1ccc(NC(=O)OCC2c3ccccc3-c3ccccc32)c(Cl)c1. The van der Waals surface area contributed by atoms with Gasteiger partial charge in [-0.1, -0.05) is 60.1 Å². The molecule has 2 amide bonds. The fourth-order valence-corrected chi connectivity index (χ4v) is 4.31. The number of anilines is 1. The van der Waals surface area contributed by atoms with Crippen LogP contribution in [0, 0.1) is 0 Å². The second-order valence-corrected chi connectivity index (χ2v) is 8.42. The van der Waals surface area contributed by atoms with Crippen LogP contribution in [0.3, 0.4) is 0 Å². The second-order valence-electron chi connectivity index (χ2n) is 8.02. The molecule has 0 fully saturated rings. The van der Waals surface area contributed by atoms with Crippen LogP contribution in [0.4, 0.5) is 10.5 Å². The number of nitrogens with one attached hydrogen (secondary N) is 1. The number of rotatable bonds is 7. The predicted molar refractivity (Wildman–Crippen MR) is 129 cm³/mol. The number of hydrogen-bond acceptors (Lipinski definition) is 4. The first kappa shape index (κ1) is 23.3. The highest BCUT2D eigenvalue weighted by Crippen LogP contribution is 2.44. The molecule has 2 N–H and O–H groups in total. The van der Waals surface area contributed by atoms with Crippen molar-refractivity contribution in [3.8, 4) is 11.1 Å². The van der Waals surface area contributed by atoms with Crippen molar-refractivity contribution in [2.24, 2.45) is 0 Å². The van der Waals surface area contributed by atoms with Crippen LogP contribution in [-0.4, -0.2) is 48.2 Å². The molecule has 174 valence electrons. The summed E-state index contributed by atoms with van der Waals surface area (Å²) in [6.07, 6.45) is -0.807. The van der Waals surface area contributed by atoms with Gasteiger partial charge in [0.2, 0.25) is 0 Å². The first-order chi connectivity index (χ1) is 16.3. The Hall–Kier alpha value is -3.84. The Morgan fingerprint density at radius 3 is 2.21 bits per heavy atom. The fraction of sp³-hybridized carbons (Fsp3) is 0.192. The third kappa shape index (κ3) is 4.89. The lowest BCUT2D eigenvalue weighted by atomic mass is 9.98. The van der Waals surface area contributed by atoms with Crippen LogP contribution in [-0.2, 0) is 9.53 Å². The van der Waals surface area contributed by atoms with Gasteiger partial charge in [-0.25, -0.2) is 4.79 Å². The molecular formula is C26H23ClN2O5. The lowest BCUT2D eigenvalue weighted by Gasteiger charge is -2.17. The quantitative estimate of drug-likeness (QED) is 0.483. The molecule has 1 aliphatic rings. The van der Waals surface area contributed by atoms with Gasteiger partial charge in [-0.15, -0.1) is 0 Å². The molecule has 34 heavy (non-hydrogen) atoms. The topological polar surface area (TPSA) is 95.9 Å². The van der Waals surface area contributed by atoms with Crippen LogP contribution in [0.25, 0.3) is 11.1 Å². The monoisotopic (exact) mass is 478 g/mol. The van der Waals surface area contributed by atoms with Crippen molar-refractivity contribution in [3.05, 3.63) is 88.4 Å². The van der Waals surface area contributed by atoms with Gasteiger partial charge >= 0.3 is 12.1 Å². The highest BCUT2D eigenvalue weighted by atomic mass is 35.5. The lowest BCUT2D eigenvalue weighted by molar-refractivity contribution is -0.137. The number of hydrogen-bond donors (Lipinski definition) is 2. The van der Waals surface area contributed by atoms with E-state index in [0.29, 0.717) is 5.69 Å². The van der Waals surface area contributed by atoms with E-state index in [1.54, 1.807) is 0 Å². The van der Waals surface area contributed by atoms with Crippen molar-refractivity contribution in [3.63, 3.8) is 0 Å². The van der Waals surface area contributed by atoms with Gasteiger partial charge in [0.15, 0.2) is 0 Å². The smallest absolute Gasteiger partial charge is 0.411 e. The Morgan fingerprint density at radius 1 is 1.00 bits per heavy atom. The molecule has 8 heteroatoms. The van der Waals surface area contributed by atoms with E-state index in [1.807, 2.05) is 36.4 Å². The van der Waals surface area contributed by atoms with Gasteiger partial charge in [-0.2, -0.15) is 0 Å². The number of halogens is 1. The van der Waals surface area contributed by atoms with Gasteiger partial charge in [-0.3, -0.25) is 14.9 Å². The molecule has 4 rings (SSSR count). The molecule has 0 atom stereocenters. The number of carbonyl (C=O) groups is 3. The second kappa shape index (κ2) is 9.97. The standard InChI is InChI=1S/C26H23ClN2O5/c1-29(13-12-24(30)31)25(32)16-10-11-23(22(27)14-16)28-26(33)34-15-21-19-8-4-2-6-17(19)18-7-3-5-9-20(18)21/h2-11,14,21H,12-13,15H2,1H3,(H,28,33)(H,30,31). The summed E-state index contributed by atoms with van der Waals surface area (Å²) in [7, 11) is 1.52. The number of aliphatic carboxylic acids is 1. The van der Waals surface area contributed by atoms with E-state index in [2.05, 4.69) is 17.4 Å². The Balaban J connectivity index is 1.39. The van der Waals surface area contributed by atoms with E-state index in [4.69, 9.17) is 21.4 Å². The maximum Gasteiger partial charge on any atom is 0.411 e. The number of amides is 2. The normalized spacial score (nSPS) is 11.9. The van der Waals surface area contributed by atoms with Gasteiger partial charge < -0.3 is 14.7 Å². The number of fused-ring (bicyclic) bond motifs is 3. The third-order valence-corrected chi connectivity index (χ3v) is 6.12. The molecule has 0 heterocycles. The van der Waals surface area contributed by atoms with Crippen LogP contribution in [0.5, 0.6) is 0 Å². The Bertz CT molecular complexity index is 1210. The molecule has 3 aromatic carbocycles. The Kier molecular flexibility index (Phi) is 6.84. The van der Waals surface area contributed by atoms with E-state index >= 15 is 0 Å². The van der Waals surface area contributed by atoms with E-state index < -0.39 is 12.1 Å². The molecule has 0 aliphatic heterocycles. The van der Waals surface area contributed by atoms with Crippen LogP contribution in [0.15, 0.2) is 66.7 Å². The highest BCUT2D eigenvalue weighted by molar-refractivity contribution is 6.34. The zero-order valence-electron chi connectivity index (χ0n) is 18.5. The number of benzene rings is 3. The van der Waals surface area contributed by atoms with Crippen LogP contribution in [0.2, 0.25) is 5.02 Å². The van der Waals surface area contributed by atoms with Gasteiger partial charge in [0.1, 0.15) is 6.61 Å². The van der Waals surface area contributed by atoms with E-state index in [-0.39, 0.29) is 42.0 Å². The van der Waals surface area contributed by atoms with Crippen molar-refractivity contribution in [2.75, 3.05) is 25.5 Å². The van der Waals surface area contributed by atoms with Crippen LogP contribution >= 0.6 is 11.6 Å². The molecule has 7 nitrogen and oxygen atoms in total. The molecule has 1 aliphatic carbocycles. The summed E-state index contributed by atoms with van der Waals surface area (Å²) < 4.78 is 5.53. The maximum atomic E-state index is 12.5. The Labute approximate surface area is 201 Å². The van der Waals surface area contributed by atoms with Crippen molar-refractivity contribution in [1.82, 2.24) is 4.90 Å². The van der Waals surface area contributed by atoms with Crippen molar-refractivity contribution in [2.45, 2.75) is 12.3 Å². The molecule has 0 spiro atoms. The number of carboxylic acids is 1. The summed E-state index contributed by atoms with van der Waals surface area (Å²) in [5, 5.41) is 11.6. The summed E-state index contributed by atoms with van der Waals surface area (Å²) in [6.45, 7) is 0.244. The highest BCUT2D eigenvalue weighted by Gasteiger charge is 2.29. The zero-order valence-corrected chi connectivity index (χ0v) is 19.2. The molecule has 0 radical (unpaired) electrons. The van der Waals surface area contributed by atoms with Crippen LogP contribution in [0.1, 0.15) is 33.8 Å². The van der Waals surface area contributed by atoms with Gasteiger partial charge in [0.05, 0.1) is 17.1 Å². The summed E-state index contributed by atoms with van der Waals surface area (Å²) in [4.78, 5) is 37.0. The molecule has 3 aromatic rings. The minimum Gasteiger partial charge on any atom is -0.481 e.